The zero-order chi connectivity index (χ0) is 10.1. The molecule has 0 saturated carbocycles. The molecule has 0 saturated heterocycles. The highest BCUT2D eigenvalue weighted by atomic mass is 19.1. The number of allylic oxidation sites excluding steroid dienone is 5. The zero-order valence-electron chi connectivity index (χ0n) is 8.35. The Morgan fingerprint density at radius 2 is 2.08 bits per heavy atom. The average Bonchev–Trinajstić information content (AvgIpc) is 2.17. The summed E-state index contributed by atoms with van der Waals surface area (Å²) in [5.74, 6) is 0.463. The molecule has 0 aromatic heterocycles. The van der Waals surface area contributed by atoms with Crippen molar-refractivity contribution in [1.29, 1.82) is 0 Å². The van der Waals surface area contributed by atoms with Crippen molar-refractivity contribution in [3.63, 3.8) is 0 Å². The molecule has 2 heteroatoms. The van der Waals surface area contributed by atoms with Crippen LogP contribution in [0.3, 0.4) is 0 Å². The Hall–Kier alpha value is -1.05. The number of hydrogen-bond donors (Lipinski definition) is 0. The van der Waals surface area contributed by atoms with E-state index in [2.05, 4.69) is 6.58 Å². The van der Waals surface area contributed by atoms with E-state index in [1.54, 1.807) is 6.08 Å². The largest absolute Gasteiger partial charge is 0.498 e. The van der Waals surface area contributed by atoms with Gasteiger partial charge < -0.3 is 4.74 Å². The minimum Gasteiger partial charge on any atom is -0.498 e. The van der Waals surface area contributed by atoms with Gasteiger partial charge in [0.25, 0.3) is 0 Å². The van der Waals surface area contributed by atoms with Gasteiger partial charge in [-0.05, 0) is 24.6 Å². The quantitative estimate of drug-likeness (QED) is 0.451. The van der Waals surface area contributed by atoms with Gasteiger partial charge in [0.2, 0.25) is 0 Å². The Labute approximate surface area is 79.6 Å². The van der Waals surface area contributed by atoms with Crippen molar-refractivity contribution >= 4 is 0 Å². The fourth-order valence-corrected chi connectivity index (χ4v) is 0.742. The van der Waals surface area contributed by atoms with Gasteiger partial charge in [-0.1, -0.05) is 20.4 Å². The first-order valence-corrected chi connectivity index (χ1v) is 4.56. The van der Waals surface area contributed by atoms with E-state index in [-0.39, 0.29) is 5.83 Å². The van der Waals surface area contributed by atoms with E-state index in [0.29, 0.717) is 6.61 Å². The second-order valence-electron chi connectivity index (χ2n) is 2.59. The molecule has 0 heterocycles. The molecule has 0 unspecified atom stereocenters. The highest BCUT2D eigenvalue weighted by molar-refractivity contribution is 5.17. The third-order valence-corrected chi connectivity index (χ3v) is 1.46. The Morgan fingerprint density at radius 1 is 1.38 bits per heavy atom. The van der Waals surface area contributed by atoms with E-state index in [1.165, 1.54) is 12.2 Å². The van der Waals surface area contributed by atoms with Crippen LogP contribution in [0.15, 0.2) is 36.4 Å². The van der Waals surface area contributed by atoms with Crippen LogP contribution in [-0.4, -0.2) is 6.61 Å². The third kappa shape index (κ3) is 6.14. The summed E-state index contributed by atoms with van der Waals surface area (Å²) < 4.78 is 17.9. The van der Waals surface area contributed by atoms with E-state index in [4.69, 9.17) is 4.74 Å². The molecular formula is C11H17FO. The molecule has 13 heavy (non-hydrogen) atoms. The van der Waals surface area contributed by atoms with Crippen molar-refractivity contribution in [2.24, 2.45) is 0 Å². The van der Waals surface area contributed by atoms with Gasteiger partial charge in [-0.2, -0.15) is 0 Å². The lowest BCUT2D eigenvalue weighted by Gasteiger charge is -2.05. The SMILES string of the molecule is C=C/C(F)=C\C=C(/CC)OCCC. The minimum atomic E-state index is -0.342. The number of rotatable bonds is 6. The van der Waals surface area contributed by atoms with Crippen molar-refractivity contribution in [2.45, 2.75) is 26.7 Å². The van der Waals surface area contributed by atoms with Crippen LogP contribution in [-0.2, 0) is 4.74 Å². The Bertz CT molecular complexity index is 204. The summed E-state index contributed by atoms with van der Waals surface area (Å²) in [6.45, 7) is 8.01. The Kier molecular flexibility index (Phi) is 6.98. The molecule has 74 valence electrons. The molecule has 0 bridgehead atoms. The van der Waals surface area contributed by atoms with E-state index in [9.17, 15) is 4.39 Å². The summed E-state index contributed by atoms with van der Waals surface area (Å²) in [4.78, 5) is 0. The van der Waals surface area contributed by atoms with Crippen molar-refractivity contribution in [1.82, 2.24) is 0 Å². The van der Waals surface area contributed by atoms with Crippen molar-refractivity contribution in [3.8, 4) is 0 Å². The molecule has 0 rings (SSSR count). The second-order valence-corrected chi connectivity index (χ2v) is 2.59. The van der Waals surface area contributed by atoms with Gasteiger partial charge in [0, 0.05) is 6.42 Å². The normalized spacial score (nSPS) is 12.8. The monoisotopic (exact) mass is 184 g/mol. The van der Waals surface area contributed by atoms with Crippen LogP contribution in [0.1, 0.15) is 26.7 Å². The molecule has 0 amide bonds. The van der Waals surface area contributed by atoms with Gasteiger partial charge in [-0.15, -0.1) is 0 Å². The highest BCUT2D eigenvalue weighted by Crippen LogP contribution is 2.06. The lowest BCUT2D eigenvalue weighted by molar-refractivity contribution is 0.205. The number of hydrogen-bond acceptors (Lipinski definition) is 1. The minimum absolute atomic E-state index is 0.342. The molecule has 0 atom stereocenters. The zero-order valence-corrected chi connectivity index (χ0v) is 8.35. The van der Waals surface area contributed by atoms with Gasteiger partial charge in [-0.25, -0.2) is 4.39 Å². The topological polar surface area (TPSA) is 9.23 Å². The van der Waals surface area contributed by atoms with Crippen LogP contribution in [0.2, 0.25) is 0 Å². The van der Waals surface area contributed by atoms with Gasteiger partial charge in [-0.3, -0.25) is 0 Å². The summed E-state index contributed by atoms with van der Waals surface area (Å²) >= 11 is 0. The predicted molar refractivity (Wildman–Crippen MR) is 54.0 cm³/mol. The van der Waals surface area contributed by atoms with Gasteiger partial charge in [0.05, 0.1) is 12.4 Å². The fourth-order valence-electron chi connectivity index (χ4n) is 0.742. The van der Waals surface area contributed by atoms with Crippen LogP contribution in [0, 0.1) is 0 Å². The summed E-state index contributed by atoms with van der Waals surface area (Å²) in [6, 6.07) is 0. The van der Waals surface area contributed by atoms with Crippen molar-refractivity contribution in [3.05, 3.63) is 36.4 Å². The fraction of sp³-hybridized carbons (Fsp3) is 0.455. The van der Waals surface area contributed by atoms with E-state index < -0.39 is 0 Å². The number of ether oxygens (including phenoxy) is 1. The van der Waals surface area contributed by atoms with Crippen molar-refractivity contribution < 1.29 is 9.13 Å². The molecule has 0 aliphatic rings. The predicted octanol–water partition coefficient (Wildman–Crippen LogP) is 3.75. The molecule has 0 radical (unpaired) electrons. The number of halogens is 1. The Morgan fingerprint density at radius 3 is 2.54 bits per heavy atom. The first-order valence-electron chi connectivity index (χ1n) is 4.56. The second kappa shape index (κ2) is 7.59. The lowest BCUT2D eigenvalue weighted by atomic mass is 10.3. The van der Waals surface area contributed by atoms with Gasteiger partial charge in [0.15, 0.2) is 0 Å². The molecule has 0 aromatic rings. The average molecular weight is 184 g/mol. The van der Waals surface area contributed by atoms with Crippen LogP contribution in [0.25, 0.3) is 0 Å². The van der Waals surface area contributed by atoms with E-state index in [1.807, 2.05) is 13.8 Å². The molecule has 0 fully saturated rings. The first kappa shape index (κ1) is 11.9. The first-order chi connectivity index (χ1) is 6.24. The van der Waals surface area contributed by atoms with Crippen LogP contribution in [0.4, 0.5) is 4.39 Å². The third-order valence-electron chi connectivity index (χ3n) is 1.46. The summed E-state index contributed by atoms with van der Waals surface area (Å²) in [6.07, 6.45) is 5.92. The van der Waals surface area contributed by atoms with Crippen molar-refractivity contribution in [2.75, 3.05) is 6.61 Å². The van der Waals surface area contributed by atoms with Crippen LogP contribution >= 0.6 is 0 Å². The Balaban J connectivity index is 4.13. The maximum absolute atomic E-state index is 12.6. The van der Waals surface area contributed by atoms with E-state index >= 15 is 0 Å². The van der Waals surface area contributed by atoms with E-state index in [0.717, 1.165) is 18.6 Å². The standard InChI is InChI=1S/C11H17FO/c1-4-9-13-11(6-3)8-7-10(12)5-2/h5,7-8H,2,4,6,9H2,1,3H3/b10-7+,11-8+. The maximum atomic E-state index is 12.6. The van der Waals surface area contributed by atoms with Gasteiger partial charge in [0.1, 0.15) is 5.83 Å². The summed E-state index contributed by atoms with van der Waals surface area (Å²) in [5, 5.41) is 0. The highest BCUT2D eigenvalue weighted by Gasteiger charge is 1.92. The van der Waals surface area contributed by atoms with Crippen LogP contribution in [0.5, 0.6) is 0 Å². The summed E-state index contributed by atoms with van der Waals surface area (Å²) in [7, 11) is 0. The lowest BCUT2D eigenvalue weighted by Crippen LogP contribution is -1.91. The molecule has 0 aliphatic heterocycles. The molecule has 0 aliphatic carbocycles. The summed E-state index contributed by atoms with van der Waals surface area (Å²) in [5.41, 5.74) is 0. The molecule has 0 N–H and O–H groups in total. The van der Waals surface area contributed by atoms with Gasteiger partial charge >= 0.3 is 0 Å². The molecule has 1 nitrogen and oxygen atoms in total. The molecule has 0 aromatic carbocycles. The molecular weight excluding hydrogens is 167 g/mol. The maximum Gasteiger partial charge on any atom is 0.122 e. The molecule has 0 spiro atoms. The van der Waals surface area contributed by atoms with Crippen LogP contribution < -0.4 is 0 Å². The smallest absolute Gasteiger partial charge is 0.122 e.